The van der Waals surface area contributed by atoms with E-state index in [9.17, 15) is 9.59 Å². The number of carbonyl (C=O) groups is 2. The van der Waals surface area contributed by atoms with Gasteiger partial charge in [0.1, 0.15) is 0 Å². The maximum Gasteiger partial charge on any atom is 0.251 e. The molecule has 5 heteroatoms. The summed E-state index contributed by atoms with van der Waals surface area (Å²) in [5, 5.41) is 5.74. The number of hydrogen-bond donors (Lipinski definition) is 3. The van der Waals surface area contributed by atoms with Crippen LogP contribution in [0.3, 0.4) is 0 Å². The lowest BCUT2D eigenvalue weighted by Crippen LogP contribution is -2.31. The van der Waals surface area contributed by atoms with Gasteiger partial charge in [0.05, 0.1) is 5.92 Å². The maximum absolute atomic E-state index is 12.6. The summed E-state index contributed by atoms with van der Waals surface area (Å²) >= 11 is 0. The molecule has 0 radical (unpaired) electrons. The number of benzene rings is 2. The zero-order chi connectivity index (χ0) is 19.3. The first-order chi connectivity index (χ1) is 12.3. The van der Waals surface area contributed by atoms with Crippen LogP contribution in [0.15, 0.2) is 48.5 Å². The molecule has 0 saturated carbocycles. The maximum atomic E-state index is 12.6. The highest BCUT2D eigenvalue weighted by Crippen LogP contribution is 2.22. The molecule has 4 N–H and O–H groups in total. The van der Waals surface area contributed by atoms with Crippen LogP contribution in [0.25, 0.3) is 0 Å². The summed E-state index contributed by atoms with van der Waals surface area (Å²) in [7, 11) is 0. The molecule has 26 heavy (non-hydrogen) atoms. The standard InChI is InChI=1S/C21H27N3O2/c1-13(2)23-21(26)18-12-17(11-10-14(18)3)24-20(25)15(4)19(22)16-8-6-5-7-9-16/h5-13,15,19H,22H2,1-4H3,(H,23,26)(H,24,25). The number of carbonyl (C=O) groups excluding carboxylic acids is 2. The van der Waals surface area contributed by atoms with Crippen molar-refractivity contribution in [1.82, 2.24) is 5.32 Å². The van der Waals surface area contributed by atoms with E-state index in [2.05, 4.69) is 10.6 Å². The van der Waals surface area contributed by atoms with Gasteiger partial charge in [0, 0.05) is 23.3 Å². The van der Waals surface area contributed by atoms with Crippen LogP contribution in [0.1, 0.15) is 48.3 Å². The molecule has 0 aliphatic heterocycles. The Bertz CT molecular complexity index is 772. The summed E-state index contributed by atoms with van der Waals surface area (Å²) in [4.78, 5) is 24.9. The second-order valence-corrected chi connectivity index (χ2v) is 6.87. The van der Waals surface area contributed by atoms with Gasteiger partial charge in [-0.25, -0.2) is 0 Å². The molecule has 0 saturated heterocycles. The van der Waals surface area contributed by atoms with Crippen molar-refractivity contribution in [2.24, 2.45) is 11.7 Å². The largest absolute Gasteiger partial charge is 0.350 e. The number of rotatable bonds is 6. The number of amides is 2. The van der Waals surface area contributed by atoms with E-state index < -0.39 is 12.0 Å². The lowest BCUT2D eigenvalue weighted by Gasteiger charge is -2.20. The molecule has 138 valence electrons. The van der Waals surface area contributed by atoms with Crippen molar-refractivity contribution >= 4 is 17.5 Å². The molecule has 5 nitrogen and oxygen atoms in total. The summed E-state index contributed by atoms with van der Waals surface area (Å²) in [6, 6.07) is 14.5. The lowest BCUT2D eigenvalue weighted by molar-refractivity contribution is -0.120. The fourth-order valence-corrected chi connectivity index (χ4v) is 2.67. The third kappa shape index (κ3) is 4.92. The van der Waals surface area contributed by atoms with Crippen molar-refractivity contribution in [2.75, 3.05) is 5.32 Å². The molecule has 2 aromatic rings. The first-order valence-electron chi connectivity index (χ1n) is 8.82. The van der Waals surface area contributed by atoms with Crippen LogP contribution in [0.5, 0.6) is 0 Å². The molecule has 0 aliphatic rings. The Kier molecular flexibility index (Phi) is 6.52. The molecule has 0 heterocycles. The normalized spacial score (nSPS) is 13.2. The van der Waals surface area contributed by atoms with E-state index in [1.54, 1.807) is 19.1 Å². The number of nitrogens with one attached hydrogen (secondary N) is 2. The van der Waals surface area contributed by atoms with Crippen molar-refractivity contribution in [3.05, 3.63) is 65.2 Å². The van der Waals surface area contributed by atoms with E-state index in [1.165, 1.54) is 0 Å². The van der Waals surface area contributed by atoms with Gasteiger partial charge in [0.25, 0.3) is 5.91 Å². The van der Waals surface area contributed by atoms with Crippen LogP contribution in [-0.2, 0) is 4.79 Å². The number of hydrogen-bond acceptors (Lipinski definition) is 3. The molecule has 0 spiro atoms. The van der Waals surface area contributed by atoms with Crippen LogP contribution >= 0.6 is 0 Å². The first kappa shape index (κ1) is 19.7. The summed E-state index contributed by atoms with van der Waals surface area (Å²) in [6.45, 7) is 7.49. The molecule has 0 aromatic heterocycles. The third-order valence-corrected chi connectivity index (χ3v) is 4.31. The van der Waals surface area contributed by atoms with Gasteiger partial charge in [-0.05, 0) is 44.0 Å². The molecule has 0 aliphatic carbocycles. The second-order valence-electron chi connectivity index (χ2n) is 6.87. The smallest absolute Gasteiger partial charge is 0.251 e. The molecule has 2 aromatic carbocycles. The van der Waals surface area contributed by atoms with Crippen molar-refractivity contribution in [3.63, 3.8) is 0 Å². The fraction of sp³-hybridized carbons (Fsp3) is 0.333. The quantitative estimate of drug-likeness (QED) is 0.744. The Balaban J connectivity index is 2.12. The van der Waals surface area contributed by atoms with E-state index >= 15 is 0 Å². The van der Waals surface area contributed by atoms with E-state index in [1.807, 2.05) is 57.2 Å². The highest BCUT2D eigenvalue weighted by atomic mass is 16.2. The highest BCUT2D eigenvalue weighted by Gasteiger charge is 2.22. The summed E-state index contributed by atoms with van der Waals surface area (Å²) in [5.41, 5.74) is 9.13. The zero-order valence-electron chi connectivity index (χ0n) is 15.7. The SMILES string of the molecule is Cc1ccc(NC(=O)C(C)C(N)c2ccccc2)cc1C(=O)NC(C)C. The molecular formula is C21H27N3O2. The topological polar surface area (TPSA) is 84.2 Å². The van der Waals surface area contributed by atoms with Crippen molar-refractivity contribution in [1.29, 1.82) is 0 Å². The molecular weight excluding hydrogens is 326 g/mol. The number of anilines is 1. The summed E-state index contributed by atoms with van der Waals surface area (Å²) < 4.78 is 0. The molecule has 0 fully saturated rings. The van der Waals surface area contributed by atoms with Crippen molar-refractivity contribution < 1.29 is 9.59 Å². The summed E-state index contributed by atoms with van der Waals surface area (Å²) in [5.74, 6) is -0.741. The average molecular weight is 353 g/mol. The molecule has 2 unspecified atom stereocenters. The van der Waals surface area contributed by atoms with Crippen LogP contribution < -0.4 is 16.4 Å². The Morgan fingerprint density at radius 3 is 2.27 bits per heavy atom. The third-order valence-electron chi connectivity index (χ3n) is 4.31. The fourth-order valence-electron chi connectivity index (χ4n) is 2.67. The van der Waals surface area contributed by atoms with Crippen LogP contribution in [0, 0.1) is 12.8 Å². The van der Waals surface area contributed by atoms with E-state index in [4.69, 9.17) is 5.73 Å². The van der Waals surface area contributed by atoms with Gasteiger partial charge in [-0.3, -0.25) is 9.59 Å². The minimum atomic E-state index is -0.411. The Hall–Kier alpha value is -2.66. The van der Waals surface area contributed by atoms with E-state index in [0.717, 1.165) is 11.1 Å². The molecule has 2 amide bonds. The van der Waals surface area contributed by atoms with Crippen LogP contribution in [-0.4, -0.2) is 17.9 Å². The molecule has 2 rings (SSSR count). The predicted molar refractivity (Wildman–Crippen MR) is 105 cm³/mol. The van der Waals surface area contributed by atoms with Gasteiger partial charge in [0.2, 0.25) is 5.91 Å². The van der Waals surface area contributed by atoms with Crippen LogP contribution in [0.4, 0.5) is 5.69 Å². The average Bonchev–Trinajstić information content (AvgIpc) is 2.62. The van der Waals surface area contributed by atoms with E-state index in [-0.39, 0.29) is 17.9 Å². The minimum absolute atomic E-state index is 0.0454. The Labute approximate surface area is 155 Å². The van der Waals surface area contributed by atoms with Gasteiger partial charge in [-0.2, -0.15) is 0 Å². The van der Waals surface area contributed by atoms with Gasteiger partial charge in [-0.15, -0.1) is 0 Å². The first-order valence-corrected chi connectivity index (χ1v) is 8.82. The van der Waals surface area contributed by atoms with Crippen molar-refractivity contribution in [2.45, 2.75) is 39.8 Å². The number of nitrogens with two attached hydrogens (primary N) is 1. The van der Waals surface area contributed by atoms with Crippen molar-refractivity contribution in [3.8, 4) is 0 Å². The second kappa shape index (κ2) is 8.63. The van der Waals surface area contributed by atoms with Crippen LogP contribution in [0.2, 0.25) is 0 Å². The van der Waals surface area contributed by atoms with E-state index in [0.29, 0.717) is 11.3 Å². The highest BCUT2D eigenvalue weighted by molar-refractivity contribution is 5.99. The summed E-state index contributed by atoms with van der Waals surface area (Å²) in [6.07, 6.45) is 0. The van der Waals surface area contributed by atoms with Gasteiger partial charge >= 0.3 is 0 Å². The molecule has 2 atom stereocenters. The monoisotopic (exact) mass is 353 g/mol. The van der Waals surface area contributed by atoms with Gasteiger partial charge < -0.3 is 16.4 Å². The zero-order valence-corrected chi connectivity index (χ0v) is 15.7. The Morgan fingerprint density at radius 2 is 1.65 bits per heavy atom. The minimum Gasteiger partial charge on any atom is -0.350 e. The Morgan fingerprint density at radius 1 is 1.00 bits per heavy atom. The molecule has 0 bridgehead atoms. The lowest BCUT2D eigenvalue weighted by atomic mass is 9.94. The van der Waals surface area contributed by atoms with Gasteiger partial charge in [-0.1, -0.05) is 43.3 Å². The van der Waals surface area contributed by atoms with Gasteiger partial charge in [0.15, 0.2) is 0 Å². The predicted octanol–water partition coefficient (Wildman–Crippen LogP) is 3.41. The number of aryl methyl sites for hydroxylation is 1.